The molecule has 0 N–H and O–H groups in total. The van der Waals surface area contributed by atoms with Crippen LogP contribution < -0.4 is 4.74 Å². The summed E-state index contributed by atoms with van der Waals surface area (Å²) in [5.74, 6) is 0.705. The summed E-state index contributed by atoms with van der Waals surface area (Å²) < 4.78 is 6.98. The molecule has 4 aromatic rings. The third kappa shape index (κ3) is 4.85. The zero-order valence-corrected chi connectivity index (χ0v) is 15.9. The molecule has 27 heavy (non-hydrogen) atoms. The Bertz CT molecular complexity index is 965. The fraction of sp³-hybridized carbons (Fsp3) is 0.0909. The van der Waals surface area contributed by atoms with Gasteiger partial charge in [-0.25, -0.2) is 17.9 Å². The summed E-state index contributed by atoms with van der Waals surface area (Å²) in [6, 6.07) is 22.7. The van der Waals surface area contributed by atoms with Gasteiger partial charge in [-0.3, -0.25) is 4.79 Å². The van der Waals surface area contributed by atoms with Gasteiger partial charge in [-0.15, -0.1) is 0 Å². The maximum absolute atomic E-state index is 12.2. The van der Waals surface area contributed by atoms with Crippen molar-refractivity contribution in [1.82, 2.24) is 4.57 Å². The van der Waals surface area contributed by atoms with E-state index >= 15 is 0 Å². The molecule has 0 saturated carbocycles. The number of carbonyl (C=O) groups is 2. The van der Waals surface area contributed by atoms with Crippen molar-refractivity contribution in [3.05, 3.63) is 90.1 Å². The average molecular weight is 401 g/mol. The SMILES string of the molecule is COc1ccc2c(c1)c(C=O)cn2CC(=O)[c-]1[cH-][cH-][cH-][cH-]1.[Fe].c1cc[cH-]c1. The second-order valence-corrected chi connectivity index (χ2v) is 5.77. The molecule has 0 bridgehead atoms. The minimum absolute atomic E-state index is 0. The van der Waals surface area contributed by atoms with E-state index in [0.717, 1.165) is 17.2 Å². The van der Waals surface area contributed by atoms with Gasteiger partial charge in [0.1, 0.15) is 5.75 Å². The predicted octanol–water partition coefficient (Wildman–Crippen LogP) is 4.47. The van der Waals surface area contributed by atoms with E-state index in [1.165, 1.54) is 0 Å². The van der Waals surface area contributed by atoms with Crippen molar-refractivity contribution in [2.45, 2.75) is 6.54 Å². The summed E-state index contributed by atoms with van der Waals surface area (Å²) in [5.41, 5.74) is 2.08. The van der Waals surface area contributed by atoms with Crippen molar-refractivity contribution in [1.29, 1.82) is 0 Å². The third-order valence-electron chi connectivity index (χ3n) is 4.10. The Labute approximate surface area is 168 Å². The van der Waals surface area contributed by atoms with Gasteiger partial charge >= 0.3 is 0 Å². The Morgan fingerprint density at radius 3 is 2.48 bits per heavy atom. The van der Waals surface area contributed by atoms with Crippen LogP contribution in [0.3, 0.4) is 0 Å². The van der Waals surface area contributed by atoms with Crippen LogP contribution in [0.4, 0.5) is 0 Å². The Balaban J connectivity index is 0.000000379. The number of aldehydes is 1. The molecule has 0 aliphatic heterocycles. The molecule has 5 heteroatoms. The molecule has 0 atom stereocenters. The van der Waals surface area contributed by atoms with Crippen LogP contribution in [0.15, 0.2) is 79.0 Å². The van der Waals surface area contributed by atoms with Crippen molar-refractivity contribution < 1.29 is 31.4 Å². The normalized spacial score (nSPS) is 9.81. The van der Waals surface area contributed by atoms with Crippen molar-refractivity contribution in [2.75, 3.05) is 7.11 Å². The monoisotopic (exact) mass is 401 g/mol. The van der Waals surface area contributed by atoms with Gasteiger partial charge in [0.25, 0.3) is 0 Å². The number of methoxy groups -OCH3 is 1. The average Bonchev–Trinajstić information content (AvgIpc) is 3.43. The molecule has 0 aliphatic rings. The zero-order chi connectivity index (χ0) is 18.4. The fourth-order valence-electron chi connectivity index (χ4n) is 2.78. The van der Waals surface area contributed by atoms with Crippen LogP contribution in [0, 0.1) is 0 Å². The van der Waals surface area contributed by atoms with Crippen molar-refractivity contribution in [2.24, 2.45) is 0 Å². The Morgan fingerprint density at radius 1 is 1.22 bits per heavy atom. The number of ether oxygens (including phenoxy) is 1. The minimum Gasteiger partial charge on any atom is -0.716 e. The topological polar surface area (TPSA) is 48.3 Å². The molecular weight excluding hydrogens is 382 g/mol. The summed E-state index contributed by atoms with van der Waals surface area (Å²) >= 11 is 0. The van der Waals surface area contributed by atoms with E-state index in [9.17, 15) is 9.59 Å². The van der Waals surface area contributed by atoms with Crippen LogP contribution in [0.2, 0.25) is 0 Å². The molecule has 1 aromatic heterocycles. The molecule has 4 nitrogen and oxygen atoms in total. The number of benzene rings is 1. The number of Topliss-reactive ketones (excluding diaryl/α,β-unsaturated/α-hetero) is 1. The summed E-state index contributed by atoms with van der Waals surface area (Å²) in [4.78, 5) is 23.4. The van der Waals surface area contributed by atoms with Gasteiger partial charge in [0.15, 0.2) is 6.29 Å². The van der Waals surface area contributed by atoms with Crippen molar-refractivity contribution in [3.8, 4) is 5.75 Å². The quantitative estimate of drug-likeness (QED) is 0.215. The number of hydrogen-bond acceptors (Lipinski definition) is 3. The summed E-state index contributed by atoms with van der Waals surface area (Å²) in [6.07, 6.45) is 2.50. The largest absolute Gasteiger partial charge is 0.716 e. The van der Waals surface area contributed by atoms with Crippen LogP contribution in [-0.2, 0) is 23.6 Å². The number of hydrogen-bond donors (Lipinski definition) is 0. The Kier molecular flexibility index (Phi) is 7.35. The first kappa shape index (κ1) is 20.4. The Morgan fingerprint density at radius 2 is 1.93 bits per heavy atom. The number of fused-ring (bicyclic) bond motifs is 1. The third-order valence-corrected chi connectivity index (χ3v) is 4.10. The molecule has 0 unspecified atom stereocenters. The molecular formula is C22H19FeNO3-6. The molecule has 0 spiro atoms. The van der Waals surface area contributed by atoms with Crippen LogP contribution in [0.1, 0.15) is 20.7 Å². The van der Waals surface area contributed by atoms with Crippen LogP contribution in [0.25, 0.3) is 10.9 Å². The van der Waals surface area contributed by atoms with Crippen LogP contribution in [-0.4, -0.2) is 23.7 Å². The summed E-state index contributed by atoms with van der Waals surface area (Å²) in [6.45, 7) is 0.209. The Hall–Kier alpha value is -2.88. The fourth-order valence-corrected chi connectivity index (χ4v) is 2.78. The van der Waals surface area contributed by atoms with Gasteiger partial charge in [-0.1, -0.05) is 0 Å². The van der Waals surface area contributed by atoms with E-state index in [2.05, 4.69) is 0 Å². The predicted molar refractivity (Wildman–Crippen MR) is 102 cm³/mol. The molecule has 0 saturated heterocycles. The standard InChI is InChI=1S/C17H14NO3.C5H5.Fe/c1-21-14-6-7-16-15(8-14)13(11-19)9-18(16)10-17(20)12-4-2-3-5-12;1-2-4-5-3-1;/h2-9,11H,10H2,1H3;1-5H;/q-5;-1;. The van der Waals surface area contributed by atoms with Gasteiger partial charge in [0, 0.05) is 39.7 Å². The number of nitrogens with zero attached hydrogens (tertiary/aromatic N) is 1. The maximum atomic E-state index is 12.2. The van der Waals surface area contributed by atoms with Crippen molar-refractivity contribution >= 4 is 23.0 Å². The second kappa shape index (κ2) is 9.72. The smallest absolute Gasteiger partial charge is 0.152 e. The van der Waals surface area contributed by atoms with E-state index in [-0.39, 0.29) is 29.4 Å². The van der Waals surface area contributed by atoms with Gasteiger partial charge in [-0.2, -0.15) is 18.2 Å². The molecule has 3 aromatic carbocycles. The van der Waals surface area contributed by atoms with Crippen LogP contribution >= 0.6 is 0 Å². The number of carbonyl (C=O) groups excluding carboxylic acids is 2. The summed E-state index contributed by atoms with van der Waals surface area (Å²) in [5, 5.41) is 0.791. The number of ketones is 1. The molecule has 1 heterocycles. The first-order valence-corrected chi connectivity index (χ1v) is 8.26. The zero-order valence-electron chi connectivity index (χ0n) is 14.8. The summed E-state index contributed by atoms with van der Waals surface area (Å²) in [7, 11) is 1.58. The van der Waals surface area contributed by atoms with Gasteiger partial charge in [0.2, 0.25) is 0 Å². The van der Waals surface area contributed by atoms with Crippen LogP contribution in [0.5, 0.6) is 5.75 Å². The molecule has 0 aliphatic carbocycles. The van der Waals surface area contributed by atoms with E-state index in [1.807, 2.05) is 60.7 Å². The molecule has 0 radical (unpaired) electrons. The van der Waals surface area contributed by atoms with Gasteiger partial charge in [0.05, 0.1) is 7.11 Å². The first-order chi connectivity index (χ1) is 12.7. The van der Waals surface area contributed by atoms with Crippen molar-refractivity contribution in [3.63, 3.8) is 0 Å². The maximum Gasteiger partial charge on any atom is 0.152 e. The van der Waals surface area contributed by atoms with E-state index in [1.54, 1.807) is 30.0 Å². The molecule has 4 rings (SSSR count). The molecule has 0 amide bonds. The molecule has 0 fully saturated rings. The van der Waals surface area contributed by atoms with Gasteiger partial charge < -0.3 is 43.9 Å². The van der Waals surface area contributed by atoms with E-state index < -0.39 is 0 Å². The molecule has 144 valence electrons. The second-order valence-electron chi connectivity index (χ2n) is 5.77. The van der Waals surface area contributed by atoms with E-state index in [4.69, 9.17) is 4.74 Å². The van der Waals surface area contributed by atoms with E-state index in [0.29, 0.717) is 16.9 Å². The number of rotatable bonds is 5. The van der Waals surface area contributed by atoms with Gasteiger partial charge in [-0.05, 0) is 24.7 Å². The minimum atomic E-state index is 0. The number of aromatic nitrogens is 1. The first-order valence-electron chi connectivity index (χ1n) is 8.26.